The first kappa shape index (κ1) is 7.93. The van der Waals surface area contributed by atoms with Crippen LogP contribution in [0.15, 0.2) is 4.42 Å². The normalized spacial score (nSPS) is 9.55. The molecule has 0 saturated carbocycles. The summed E-state index contributed by atoms with van der Waals surface area (Å²) in [5.74, 6) is 0.143. The summed E-state index contributed by atoms with van der Waals surface area (Å²) < 4.78 is 4.84. The van der Waals surface area contributed by atoms with E-state index in [0.717, 1.165) is 0 Å². The summed E-state index contributed by atoms with van der Waals surface area (Å²) in [6.07, 6.45) is 0.115. The molecule has 1 rings (SSSR count). The number of aromatic nitrogens is 2. The maximum absolute atomic E-state index is 10.7. The minimum atomic E-state index is -0.157. The van der Waals surface area contributed by atoms with Gasteiger partial charge in [-0.2, -0.15) is 0 Å². The van der Waals surface area contributed by atoms with Crippen LogP contribution in [0.2, 0.25) is 0 Å². The molecule has 5 nitrogen and oxygen atoms in total. The van der Waals surface area contributed by atoms with Crippen molar-refractivity contribution >= 4 is 18.1 Å². The van der Waals surface area contributed by atoms with Crippen LogP contribution in [0.3, 0.4) is 0 Å². The van der Waals surface area contributed by atoms with Crippen molar-refractivity contribution < 1.29 is 9.21 Å². The van der Waals surface area contributed by atoms with E-state index in [1.165, 1.54) is 0 Å². The van der Waals surface area contributed by atoms with Crippen molar-refractivity contribution in [1.82, 2.24) is 15.5 Å². The number of likely N-dealkylation sites (N-methyl/N-ethyl adjacent to an activating group) is 1. The Morgan fingerprint density at radius 1 is 1.91 bits per heavy atom. The molecule has 2 N–H and O–H groups in total. The van der Waals surface area contributed by atoms with Crippen molar-refractivity contribution in [3.8, 4) is 0 Å². The van der Waals surface area contributed by atoms with E-state index in [-0.39, 0.29) is 17.2 Å². The van der Waals surface area contributed by atoms with E-state index in [0.29, 0.717) is 5.89 Å². The fourth-order valence-corrected chi connectivity index (χ4v) is 0.704. The van der Waals surface area contributed by atoms with Gasteiger partial charge in [0, 0.05) is 7.05 Å². The average molecular weight is 173 g/mol. The average Bonchev–Trinajstić information content (AvgIpc) is 2.35. The zero-order valence-electron chi connectivity index (χ0n) is 5.88. The maximum atomic E-state index is 10.7. The number of aromatic amines is 1. The summed E-state index contributed by atoms with van der Waals surface area (Å²) >= 11 is 4.61. The summed E-state index contributed by atoms with van der Waals surface area (Å²) in [5, 5.41) is 8.50. The van der Waals surface area contributed by atoms with Gasteiger partial charge in [-0.25, -0.2) is 5.10 Å². The predicted molar refractivity (Wildman–Crippen MR) is 39.5 cm³/mol. The third kappa shape index (κ3) is 2.15. The number of nitrogens with zero attached hydrogens (tertiary/aromatic N) is 1. The van der Waals surface area contributed by atoms with Gasteiger partial charge in [0.1, 0.15) is 6.42 Å². The lowest BCUT2D eigenvalue weighted by Gasteiger charge is -1.91. The first-order chi connectivity index (χ1) is 5.22. The van der Waals surface area contributed by atoms with Crippen molar-refractivity contribution in [1.29, 1.82) is 0 Å². The van der Waals surface area contributed by atoms with Crippen molar-refractivity contribution in [2.24, 2.45) is 0 Å². The van der Waals surface area contributed by atoms with Crippen molar-refractivity contribution in [3.63, 3.8) is 0 Å². The summed E-state index contributed by atoms with van der Waals surface area (Å²) in [5.41, 5.74) is 0. The molecule has 0 radical (unpaired) electrons. The SMILES string of the molecule is CNC(=O)Cc1n[nH]c(=S)o1. The fourth-order valence-electron chi connectivity index (χ4n) is 0.562. The zero-order valence-corrected chi connectivity index (χ0v) is 6.70. The summed E-state index contributed by atoms with van der Waals surface area (Å²) in [4.78, 5) is 10.9. The Morgan fingerprint density at radius 3 is 3.09 bits per heavy atom. The van der Waals surface area contributed by atoms with E-state index in [9.17, 15) is 4.79 Å². The second-order valence-corrected chi connectivity index (χ2v) is 2.23. The number of amides is 1. The lowest BCUT2D eigenvalue weighted by molar-refractivity contribution is -0.120. The Hall–Kier alpha value is -1.17. The summed E-state index contributed by atoms with van der Waals surface area (Å²) in [6, 6.07) is 0. The second-order valence-electron chi connectivity index (χ2n) is 1.86. The van der Waals surface area contributed by atoms with Crippen LogP contribution in [0.5, 0.6) is 0 Å². The molecule has 60 valence electrons. The Balaban J connectivity index is 2.65. The Kier molecular flexibility index (Phi) is 2.37. The Morgan fingerprint density at radius 2 is 2.64 bits per heavy atom. The standard InChI is InChI=1S/C5H7N3O2S/c1-6-3(9)2-4-7-8-5(11)10-4/h2H2,1H3,(H,6,9)(H,8,11). The van der Waals surface area contributed by atoms with E-state index >= 15 is 0 Å². The molecule has 11 heavy (non-hydrogen) atoms. The van der Waals surface area contributed by atoms with Gasteiger partial charge in [-0.05, 0) is 12.2 Å². The molecule has 0 spiro atoms. The van der Waals surface area contributed by atoms with Crippen LogP contribution in [0.4, 0.5) is 0 Å². The van der Waals surface area contributed by atoms with Gasteiger partial charge in [0.05, 0.1) is 0 Å². The predicted octanol–water partition coefficient (Wildman–Crippen LogP) is 0.0207. The molecule has 0 aliphatic carbocycles. The number of rotatable bonds is 2. The van der Waals surface area contributed by atoms with Gasteiger partial charge >= 0.3 is 0 Å². The highest BCUT2D eigenvalue weighted by molar-refractivity contribution is 7.71. The molecule has 1 aromatic heterocycles. The lowest BCUT2D eigenvalue weighted by atomic mass is 10.4. The first-order valence-electron chi connectivity index (χ1n) is 2.97. The van der Waals surface area contributed by atoms with Gasteiger partial charge in [0.25, 0.3) is 4.84 Å². The number of carbonyl (C=O) groups is 1. The smallest absolute Gasteiger partial charge is 0.284 e. The van der Waals surface area contributed by atoms with E-state index in [1.807, 2.05) is 0 Å². The summed E-state index contributed by atoms with van der Waals surface area (Å²) in [7, 11) is 1.55. The van der Waals surface area contributed by atoms with Crippen molar-refractivity contribution in [2.75, 3.05) is 7.05 Å². The van der Waals surface area contributed by atoms with Crippen LogP contribution in [0, 0.1) is 4.84 Å². The van der Waals surface area contributed by atoms with Crippen LogP contribution in [0.1, 0.15) is 5.89 Å². The number of hydrogen-bond acceptors (Lipinski definition) is 4. The molecule has 1 amide bonds. The molecule has 0 bridgehead atoms. The van der Waals surface area contributed by atoms with Gasteiger partial charge < -0.3 is 9.73 Å². The van der Waals surface area contributed by atoms with Crippen LogP contribution < -0.4 is 5.32 Å². The van der Waals surface area contributed by atoms with E-state index in [4.69, 9.17) is 4.42 Å². The molecule has 0 aliphatic rings. The highest BCUT2D eigenvalue weighted by atomic mass is 32.1. The van der Waals surface area contributed by atoms with Gasteiger partial charge in [0.15, 0.2) is 0 Å². The minimum absolute atomic E-state index is 0.115. The molecule has 1 aromatic rings. The zero-order chi connectivity index (χ0) is 8.27. The molecule has 0 aromatic carbocycles. The Bertz CT molecular complexity index is 303. The quantitative estimate of drug-likeness (QED) is 0.618. The summed E-state index contributed by atoms with van der Waals surface area (Å²) in [6.45, 7) is 0. The molecule has 0 saturated heterocycles. The third-order valence-corrected chi connectivity index (χ3v) is 1.25. The van der Waals surface area contributed by atoms with Gasteiger partial charge in [-0.15, -0.1) is 5.10 Å². The number of hydrogen-bond donors (Lipinski definition) is 2. The fraction of sp³-hybridized carbons (Fsp3) is 0.400. The molecule has 0 aliphatic heterocycles. The first-order valence-corrected chi connectivity index (χ1v) is 3.38. The molecule has 1 heterocycles. The monoisotopic (exact) mass is 173 g/mol. The van der Waals surface area contributed by atoms with Gasteiger partial charge in [-0.1, -0.05) is 0 Å². The number of nitrogens with one attached hydrogen (secondary N) is 2. The van der Waals surface area contributed by atoms with Crippen molar-refractivity contribution in [2.45, 2.75) is 6.42 Å². The molecular weight excluding hydrogens is 166 g/mol. The van der Waals surface area contributed by atoms with Crippen LogP contribution in [-0.2, 0) is 11.2 Å². The molecule has 0 fully saturated rings. The highest BCUT2D eigenvalue weighted by Gasteiger charge is 2.04. The second kappa shape index (κ2) is 3.29. The van der Waals surface area contributed by atoms with Crippen LogP contribution in [0.25, 0.3) is 0 Å². The lowest BCUT2D eigenvalue weighted by Crippen LogP contribution is -2.20. The molecule has 6 heteroatoms. The van der Waals surface area contributed by atoms with E-state index < -0.39 is 0 Å². The number of carbonyl (C=O) groups excluding carboxylic acids is 1. The largest absolute Gasteiger partial charge is 0.414 e. The maximum Gasteiger partial charge on any atom is 0.284 e. The third-order valence-electron chi connectivity index (χ3n) is 1.07. The minimum Gasteiger partial charge on any atom is -0.414 e. The van der Waals surface area contributed by atoms with Crippen LogP contribution >= 0.6 is 12.2 Å². The molecule has 0 unspecified atom stereocenters. The molecular formula is C5H7N3O2S. The van der Waals surface area contributed by atoms with E-state index in [2.05, 4.69) is 27.7 Å². The van der Waals surface area contributed by atoms with Gasteiger partial charge in [-0.3, -0.25) is 4.79 Å². The topological polar surface area (TPSA) is 70.9 Å². The van der Waals surface area contributed by atoms with Crippen molar-refractivity contribution in [3.05, 3.63) is 10.7 Å². The van der Waals surface area contributed by atoms with Crippen LogP contribution in [-0.4, -0.2) is 23.2 Å². The highest BCUT2D eigenvalue weighted by Crippen LogP contribution is 1.94. The molecule has 0 atom stereocenters. The Labute approximate surface area is 67.8 Å². The van der Waals surface area contributed by atoms with E-state index in [1.54, 1.807) is 7.05 Å². The van der Waals surface area contributed by atoms with Gasteiger partial charge in [0.2, 0.25) is 11.8 Å². The number of H-pyrrole nitrogens is 1.